The summed E-state index contributed by atoms with van der Waals surface area (Å²) in [6.07, 6.45) is 6.72. The van der Waals surface area contributed by atoms with Crippen molar-refractivity contribution in [3.8, 4) is 0 Å². The molecular formula is C14H21N5. The van der Waals surface area contributed by atoms with E-state index >= 15 is 0 Å². The summed E-state index contributed by atoms with van der Waals surface area (Å²) in [4.78, 5) is 15.2. The lowest BCUT2D eigenvalue weighted by Gasteiger charge is -2.21. The third-order valence-corrected chi connectivity index (χ3v) is 3.30. The van der Waals surface area contributed by atoms with Gasteiger partial charge in [0.2, 0.25) is 0 Å². The van der Waals surface area contributed by atoms with Gasteiger partial charge in [-0.15, -0.1) is 0 Å². The molecule has 5 heteroatoms. The maximum absolute atomic E-state index is 4.56. The summed E-state index contributed by atoms with van der Waals surface area (Å²) in [6, 6.07) is 0. The topological polar surface area (TPSA) is 46.8 Å². The Morgan fingerprint density at radius 2 is 2.05 bits per heavy atom. The molecule has 0 atom stereocenters. The highest BCUT2D eigenvalue weighted by molar-refractivity contribution is 5.45. The van der Waals surface area contributed by atoms with Crippen LogP contribution in [0.25, 0.3) is 0 Å². The second-order valence-electron chi connectivity index (χ2n) is 4.71. The highest BCUT2D eigenvalue weighted by atomic mass is 15.2. The lowest BCUT2D eigenvalue weighted by molar-refractivity contribution is 0.659. The van der Waals surface area contributed by atoms with Gasteiger partial charge in [-0.3, -0.25) is 0 Å². The molecule has 0 aliphatic heterocycles. The van der Waals surface area contributed by atoms with Crippen molar-refractivity contribution >= 4 is 5.82 Å². The Bertz CT molecular complexity index is 547. The van der Waals surface area contributed by atoms with Crippen molar-refractivity contribution in [2.45, 2.75) is 33.7 Å². The van der Waals surface area contributed by atoms with Gasteiger partial charge in [-0.05, 0) is 20.3 Å². The first-order chi connectivity index (χ1) is 9.11. The van der Waals surface area contributed by atoms with Gasteiger partial charge in [0, 0.05) is 44.3 Å². The molecule has 0 saturated carbocycles. The summed E-state index contributed by atoms with van der Waals surface area (Å²) in [5.41, 5.74) is 1.19. The number of aromatic nitrogens is 4. The van der Waals surface area contributed by atoms with Crippen LogP contribution in [0.2, 0.25) is 0 Å². The van der Waals surface area contributed by atoms with E-state index in [1.165, 1.54) is 5.56 Å². The number of likely N-dealkylation sites (N-methyl/N-ethyl adjacent to an activating group) is 1. The summed E-state index contributed by atoms with van der Waals surface area (Å²) in [7, 11) is 2.08. The van der Waals surface area contributed by atoms with E-state index < -0.39 is 0 Å². The minimum absolute atomic E-state index is 0.817. The molecule has 0 fully saturated rings. The van der Waals surface area contributed by atoms with Crippen molar-refractivity contribution < 1.29 is 0 Å². The van der Waals surface area contributed by atoms with Gasteiger partial charge in [0.1, 0.15) is 17.5 Å². The molecule has 0 unspecified atom stereocenters. The number of imidazole rings is 1. The van der Waals surface area contributed by atoms with E-state index in [2.05, 4.69) is 38.4 Å². The SMILES string of the molecule is CCc1cnc(C)nc1N(C)CCn1ccnc1C. The lowest BCUT2D eigenvalue weighted by Crippen LogP contribution is -2.25. The number of rotatable bonds is 5. The Balaban J connectivity index is 2.09. The van der Waals surface area contributed by atoms with Crippen molar-refractivity contribution in [1.82, 2.24) is 19.5 Å². The van der Waals surface area contributed by atoms with Gasteiger partial charge in [0.05, 0.1) is 0 Å². The summed E-state index contributed by atoms with van der Waals surface area (Å²) in [6.45, 7) is 7.89. The van der Waals surface area contributed by atoms with Gasteiger partial charge in [0.25, 0.3) is 0 Å². The van der Waals surface area contributed by atoms with E-state index in [0.29, 0.717) is 0 Å². The van der Waals surface area contributed by atoms with Crippen molar-refractivity contribution in [3.05, 3.63) is 35.8 Å². The second kappa shape index (κ2) is 5.82. The molecular weight excluding hydrogens is 238 g/mol. The van der Waals surface area contributed by atoms with Crippen LogP contribution in [0.3, 0.4) is 0 Å². The van der Waals surface area contributed by atoms with E-state index in [1.54, 1.807) is 0 Å². The number of anilines is 1. The van der Waals surface area contributed by atoms with E-state index in [1.807, 2.05) is 32.4 Å². The van der Waals surface area contributed by atoms with Gasteiger partial charge in [-0.25, -0.2) is 15.0 Å². The molecule has 2 heterocycles. The Kier molecular flexibility index (Phi) is 4.14. The molecule has 2 aromatic heterocycles. The maximum atomic E-state index is 4.56. The van der Waals surface area contributed by atoms with Gasteiger partial charge >= 0.3 is 0 Å². The molecule has 0 aliphatic carbocycles. The molecule has 102 valence electrons. The third-order valence-electron chi connectivity index (χ3n) is 3.30. The number of aryl methyl sites for hydroxylation is 3. The van der Waals surface area contributed by atoms with Gasteiger partial charge in [-0.1, -0.05) is 6.92 Å². The monoisotopic (exact) mass is 259 g/mol. The Labute approximate surface area is 114 Å². The number of hydrogen-bond donors (Lipinski definition) is 0. The third kappa shape index (κ3) is 3.10. The first-order valence-corrected chi connectivity index (χ1v) is 6.63. The minimum Gasteiger partial charge on any atom is -0.358 e. The number of hydrogen-bond acceptors (Lipinski definition) is 4. The Morgan fingerprint density at radius 1 is 1.26 bits per heavy atom. The first-order valence-electron chi connectivity index (χ1n) is 6.63. The minimum atomic E-state index is 0.817. The first kappa shape index (κ1) is 13.5. The highest BCUT2D eigenvalue weighted by Gasteiger charge is 2.09. The highest BCUT2D eigenvalue weighted by Crippen LogP contribution is 2.16. The molecule has 0 aliphatic rings. The normalized spacial score (nSPS) is 10.7. The Hall–Kier alpha value is -1.91. The second-order valence-corrected chi connectivity index (χ2v) is 4.71. The Morgan fingerprint density at radius 3 is 2.68 bits per heavy atom. The van der Waals surface area contributed by atoms with Crippen LogP contribution < -0.4 is 4.90 Å². The van der Waals surface area contributed by atoms with Gasteiger partial charge < -0.3 is 9.47 Å². The fraction of sp³-hybridized carbons (Fsp3) is 0.500. The van der Waals surface area contributed by atoms with Crippen LogP contribution in [0, 0.1) is 13.8 Å². The van der Waals surface area contributed by atoms with Crippen molar-refractivity contribution in [2.24, 2.45) is 0 Å². The van der Waals surface area contributed by atoms with Crippen LogP contribution in [0.15, 0.2) is 18.6 Å². The molecule has 0 aromatic carbocycles. The molecule has 5 nitrogen and oxygen atoms in total. The molecule has 19 heavy (non-hydrogen) atoms. The average molecular weight is 259 g/mol. The average Bonchev–Trinajstić information content (AvgIpc) is 2.81. The molecule has 0 bridgehead atoms. The zero-order valence-corrected chi connectivity index (χ0v) is 12.1. The molecule has 0 N–H and O–H groups in total. The zero-order chi connectivity index (χ0) is 13.8. The number of nitrogens with zero attached hydrogens (tertiary/aromatic N) is 5. The zero-order valence-electron chi connectivity index (χ0n) is 12.1. The van der Waals surface area contributed by atoms with Crippen molar-refractivity contribution in [3.63, 3.8) is 0 Å². The molecule has 0 radical (unpaired) electrons. The summed E-state index contributed by atoms with van der Waals surface area (Å²) in [5, 5.41) is 0. The molecule has 2 rings (SSSR count). The van der Waals surface area contributed by atoms with E-state index in [9.17, 15) is 0 Å². The van der Waals surface area contributed by atoms with E-state index in [-0.39, 0.29) is 0 Å². The van der Waals surface area contributed by atoms with Crippen LogP contribution in [0.4, 0.5) is 5.82 Å². The van der Waals surface area contributed by atoms with Crippen LogP contribution in [0.5, 0.6) is 0 Å². The summed E-state index contributed by atoms with van der Waals surface area (Å²) < 4.78 is 2.15. The van der Waals surface area contributed by atoms with Gasteiger partial charge in [-0.2, -0.15) is 0 Å². The molecule has 0 spiro atoms. The lowest BCUT2D eigenvalue weighted by atomic mass is 10.2. The predicted molar refractivity (Wildman–Crippen MR) is 76.4 cm³/mol. The predicted octanol–water partition coefficient (Wildman–Crippen LogP) is 1.99. The molecule has 0 amide bonds. The fourth-order valence-corrected chi connectivity index (χ4v) is 2.07. The largest absolute Gasteiger partial charge is 0.358 e. The van der Waals surface area contributed by atoms with E-state index in [0.717, 1.165) is 37.0 Å². The standard InChI is InChI=1S/C14H21N5/c1-5-13-10-16-11(2)17-14(13)18(4)8-9-19-7-6-15-12(19)3/h6-7,10H,5,8-9H2,1-4H3. The van der Waals surface area contributed by atoms with Crippen LogP contribution in [-0.2, 0) is 13.0 Å². The molecule has 0 saturated heterocycles. The smallest absolute Gasteiger partial charge is 0.135 e. The fourth-order valence-electron chi connectivity index (χ4n) is 2.07. The maximum Gasteiger partial charge on any atom is 0.135 e. The van der Waals surface area contributed by atoms with Gasteiger partial charge in [0.15, 0.2) is 0 Å². The summed E-state index contributed by atoms with van der Waals surface area (Å²) >= 11 is 0. The van der Waals surface area contributed by atoms with Crippen LogP contribution in [0.1, 0.15) is 24.1 Å². The van der Waals surface area contributed by atoms with E-state index in [4.69, 9.17) is 0 Å². The van der Waals surface area contributed by atoms with Crippen molar-refractivity contribution in [1.29, 1.82) is 0 Å². The molecule has 2 aromatic rings. The quantitative estimate of drug-likeness (QED) is 0.824. The van der Waals surface area contributed by atoms with Crippen LogP contribution >= 0.6 is 0 Å². The summed E-state index contributed by atoms with van der Waals surface area (Å²) in [5.74, 6) is 2.90. The van der Waals surface area contributed by atoms with Crippen LogP contribution in [-0.4, -0.2) is 33.1 Å². The van der Waals surface area contributed by atoms with Crippen molar-refractivity contribution in [2.75, 3.05) is 18.5 Å².